The van der Waals surface area contributed by atoms with E-state index in [4.69, 9.17) is 14.2 Å². The molecule has 0 saturated carbocycles. The van der Waals surface area contributed by atoms with Crippen LogP contribution in [0.25, 0.3) is 0 Å². The van der Waals surface area contributed by atoms with Gasteiger partial charge in [0, 0.05) is 5.92 Å². The number of phenolic OH excluding ortho intramolecular Hbond substituents is 1. The van der Waals surface area contributed by atoms with E-state index in [2.05, 4.69) is 0 Å². The minimum Gasteiger partial charge on any atom is -0.504 e. The number of ketones is 1. The fraction of sp³-hybridized carbons (Fsp3) is 0.458. The molecule has 0 aliphatic heterocycles. The van der Waals surface area contributed by atoms with Crippen molar-refractivity contribution in [2.24, 2.45) is 0 Å². The molecule has 0 aliphatic rings. The molecule has 2 aromatic rings. The largest absolute Gasteiger partial charge is 0.504 e. The second kappa shape index (κ2) is 9.68. The third kappa shape index (κ3) is 5.89. The predicted molar refractivity (Wildman–Crippen MR) is 115 cm³/mol. The average molecular weight is 401 g/mol. The molecule has 0 radical (unpaired) electrons. The fourth-order valence-electron chi connectivity index (χ4n) is 2.94. The van der Waals surface area contributed by atoms with Crippen LogP contribution in [0.4, 0.5) is 0 Å². The first-order chi connectivity index (χ1) is 13.6. The van der Waals surface area contributed by atoms with Gasteiger partial charge in [0.05, 0.1) is 23.9 Å². The summed E-state index contributed by atoms with van der Waals surface area (Å²) in [4.78, 5) is 13.3. The number of ether oxygens (including phenoxy) is 3. The van der Waals surface area contributed by atoms with Crippen molar-refractivity contribution in [3.05, 3.63) is 47.5 Å². The molecule has 5 nitrogen and oxygen atoms in total. The summed E-state index contributed by atoms with van der Waals surface area (Å²) >= 11 is 0. The maximum absolute atomic E-state index is 13.3. The van der Waals surface area contributed by atoms with Crippen LogP contribution in [0.3, 0.4) is 0 Å². The number of hydrogen-bond acceptors (Lipinski definition) is 5. The summed E-state index contributed by atoms with van der Waals surface area (Å²) < 4.78 is 17.3. The van der Waals surface area contributed by atoms with Crippen molar-refractivity contribution < 1.29 is 24.1 Å². The zero-order valence-corrected chi connectivity index (χ0v) is 18.4. The molecule has 0 heterocycles. The molecule has 0 spiro atoms. The Hall–Kier alpha value is -2.69. The molecule has 5 heteroatoms. The minimum absolute atomic E-state index is 0.0475. The molecule has 0 aliphatic carbocycles. The first-order valence-corrected chi connectivity index (χ1v) is 10.1. The summed E-state index contributed by atoms with van der Waals surface area (Å²) in [5, 5.41) is 10.3. The number of aromatic hydroxyl groups is 1. The van der Waals surface area contributed by atoms with Gasteiger partial charge in [0.25, 0.3) is 0 Å². The lowest BCUT2D eigenvalue weighted by Crippen LogP contribution is -2.16. The van der Waals surface area contributed by atoms with Crippen LogP contribution in [-0.4, -0.2) is 29.2 Å². The first kappa shape index (κ1) is 22.6. The van der Waals surface area contributed by atoms with E-state index >= 15 is 0 Å². The topological polar surface area (TPSA) is 65.0 Å². The normalized spacial score (nSPS) is 12.3. The van der Waals surface area contributed by atoms with Crippen LogP contribution in [0.1, 0.15) is 70.3 Å². The quantitative estimate of drug-likeness (QED) is 0.544. The standard InChI is InChI=1S/C24H32O5/c1-14(2)27-19-10-8-18(9-11-19)17(7)22(26)20-12-13-21(25)24(29-16(5)6)23(20)28-15(3)4/h8-17,25H,1-7H3. The SMILES string of the molecule is CC(C)Oc1ccc(C(C)C(=O)c2ccc(O)c(OC(C)C)c2OC(C)C)cc1. The molecule has 2 aromatic carbocycles. The highest BCUT2D eigenvalue weighted by molar-refractivity contribution is 6.04. The molecule has 0 fully saturated rings. The maximum atomic E-state index is 13.3. The van der Waals surface area contributed by atoms with Gasteiger partial charge in [0.2, 0.25) is 5.75 Å². The van der Waals surface area contributed by atoms with Crippen molar-refractivity contribution in [1.82, 2.24) is 0 Å². The fourth-order valence-corrected chi connectivity index (χ4v) is 2.94. The van der Waals surface area contributed by atoms with Crippen LogP contribution in [0, 0.1) is 0 Å². The molecule has 158 valence electrons. The van der Waals surface area contributed by atoms with Gasteiger partial charge in [0.15, 0.2) is 17.3 Å². The first-order valence-electron chi connectivity index (χ1n) is 10.1. The summed E-state index contributed by atoms with van der Waals surface area (Å²) in [6, 6.07) is 10.6. The van der Waals surface area contributed by atoms with Gasteiger partial charge in [-0.25, -0.2) is 0 Å². The number of hydrogen-bond donors (Lipinski definition) is 1. The van der Waals surface area contributed by atoms with Crippen LogP contribution in [0.5, 0.6) is 23.0 Å². The molecule has 0 aromatic heterocycles. The van der Waals surface area contributed by atoms with E-state index in [9.17, 15) is 9.90 Å². The van der Waals surface area contributed by atoms with Gasteiger partial charge in [-0.1, -0.05) is 19.1 Å². The van der Waals surface area contributed by atoms with E-state index in [1.165, 1.54) is 6.07 Å². The highest BCUT2D eigenvalue weighted by Crippen LogP contribution is 2.42. The van der Waals surface area contributed by atoms with Crippen molar-refractivity contribution in [2.45, 2.75) is 72.7 Å². The van der Waals surface area contributed by atoms with Crippen molar-refractivity contribution in [2.75, 3.05) is 0 Å². The molecule has 0 amide bonds. The zero-order valence-electron chi connectivity index (χ0n) is 18.4. The number of carbonyl (C=O) groups is 1. The van der Waals surface area contributed by atoms with Gasteiger partial charge in [-0.15, -0.1) is 0 Å². The van der Waals surface area contributed by atoms with E-state index in [1.54, 1.807) is 6.07 Å². The van der Waals surface area contributed by atoms with Gasteiger partial charge >= 0.3 is 0 Å². The smallest absolute Gasteiger partial charge is 0.204 e. The second-order valence-corrected chi connectivity index (χ2v) is 7.95. The zero-order chi connectivity index (χ0) is 21.7. The lowest BCUT2D eigenvalue weighted by molar-refractivity contribution is 0.0957. The van der Waals surface area contributed by atoms with E-state index in [-0.39, 0.29) is 41.3 Å². The van der Waals surface area contributed by atoms with Crippen LogP contribution >= 0.6 is 0 Å². The molecule has 0 bridgehead atoms. The Morgan fingerprint density at radius 1 is 0.724 bits per heavy atom. The Bertz CT molecular complexity index is 822. The van der Waals surface area contributed by atoms with Crippen molar-refractivity contribution >= 4 is 5.78 Å². The predicted octanol–water partition coefficient (Wildman–Crippen LogP) is 5.74. The second-order valence-electron chi connectivity index (χ2n) is 7.95. The number of rotatable bonds is 9. The number of carbonyl (C=O) groups excluding carboxylic acids is 1. The number of phenols is 1. The molecule has 2 rings (SSSR count). The van der Waals surface area contributed by atoms with Crippen molar-refractivity contribution in [3.8, 4) is 23.0 Å². The molecule has 0 saturated heterocycles. The molecular formula is C24H32O5. The van der Waals surface area contributed by atoms with Crippen molar-refractivity contribution in [1.29, 1.82) is 0 Å². The van der Waals surface area contributed by atoms with Crippen molar-refractivity contribution in [3.63, 3.8) is 0 Å². The monoisotopic (exact) mass is 400 g/mol. The Balaban J connectivity index is 2.40. The third-order valence-electron chi connectivity index (χ3n) is 4.21. The van der Waals surface area contributed by atoms with E-state index in [0.29, 0.717) is 5.56 Å². The van der Waals surface area contributed by atoms with Gasteiger partial charge in [-0.2, -0.15) is 0 Å². The summed E-state index contributed by atoms with van der Waals surface area (Å²) in [5.41, 5.74) is 1.27. The van der Waals surface area contributed by atoms with E-state index in [0.717, 1.165) is 11.3 Å². The van der Waals surface area contributed by atoms with Gasteiger partial charge in [-0.05, 0) is 71.4 Å². The molecule has 1 unspecified atom stereocenters. The molecular weight excluding hydrogens is 368 g/mol. The third-order valence-corrected chi connectivity index (χ3v) is 4.21. The summed E-state index contributed by atoms with van der Waals surface area (Å²) in [6.07, 6.45) is -0.264. The van der Waals surface area contributed by atoms with Crippen LogP contribution < -0.4 is 14.2 Å². The van der Waals surface area contributed by atoms with Gasteiger partial charge in [-0.3, -0.25) is 4.79 Å². The summed E-state index contributed by atoms with van der Waals surface area (Å²) in [6.45, 7) is 13.3. The Morgan fingerprint density at radius 3 is 1.76 bits per heavy atom. The van der Waals surface area contributed by atoms with Crippen LogP contribution in [0.2, 0.25) is 0 Å². The van der Waals surface area contributed by atoms with Gasteiger partial charge < -0.3 is 19.3 Å². The summed E-state index contributed by atoms with van der Waals surface area (Å²) in [7, 11) is 0. The van der Waals surface area contributed by atoms with E-state index in [1.807, 2.05) is 72.7 Å². The van der Waals surface area contributed by atoms with E-state index < -0.39 is 5.92 Å². The number of benzene rings is 2. The van der Waals surface area contributed by atoms with Crippen LogP contribution in [0.15, 0.2) is 36.4 Å². The maximum Gasteiger partial charge on any atom is 0.204 e. The highest BCUT2D eigenvalue weighted by Gasteiger charge is 2.26. The Labute approximate surface area is 173 Å². The minimum atomic E-state index is -0.394. The lowest BCUT2D eigenvalue weighted by atomic mass is 9.91. The molecule has 1 atom stereocenters. The summed E-state index contributed by atoms with van der Waals surface area (Å²) in [5.74, 6) is 0.705. The molecule has 29 heavy (non-hydrogen) atoms. The van der Waals surface area contributed by atoms with Crippen LogP contribution in [-0.2, 0) is 0 Å². The highest BCUT2D eigenvalue weighted by atomic mass is 16.5. The Kier molecular flexibility index (Phi) is 7.54. The number of Topliss-reactive ketones (excluding diaryl/α,β-unsaturated/α-hetero) is 1. The van der Waals surface area contributed by atoms with Gasteiger partial charge in [0.1, 0.15) is 5.75 Å². The lowest BCUT2D eigenvalue weighted by Gasteiger charge is -2.22. The Morgan fingerprint density at radius 2 is 1.24 bits per heavy atom. The average Bonchev–Trinajstić information content (AvgIpc) is 2.63. The molecule has 1 N–H and O–H groups in total.